The largest absolute Gasteiger partial charge is 0.459 e. The van der Waals surface area contributed by atoms with Crippen LogP contribution in [0.25, 0.3) is 10.4 Å². The Hall–Kier alpha value is -7.59. The molecule has 7 rings (SSSR count). The first-order chi connectivity index (χ1) is 34.4. The lowest BCUT2D eigenvalue weighted by molar-refractivity contribution is -0.276. The normalized spacial score (nSPS) is 18.6. The summed E-state index contributed by atoms with van der Waals surface area (Å²) in [5.41, 5.74) is 11.9. The molecule has 16 heteroatoms. The van der Waals surface area contributed by atoms with Gasteiger partial charge < -0.3 is 38.2 Å². The lowest BCUT2D eigenvalue weighted by atomic mass is 9.96. The van der Waals surface area contributed by atoms with Crippen LogP contribution in [0.3, 0.4) is 0 Å². The van der Waals surface area contributed by atoms with Gasteiger partial charge in [-0.3, -0.25) is 0 Å². The van der Waals surface area contributed by atoms with Crippen LogP contribution in [-0.2, 0) is 50.9 Å². The van der Waals surface area contributed by atoms with E-state index in [2.05, 4.69) is 36.1 Å². The second-order valence-electron chi connectivity index (χ2n) is 17.8. The third kappa shape index (κ3) is 13.0. The lowest BCUT2D eigenvalue weighted by Crippen LogP contribution is -2.68. The molecule has 0 radical (unpaired) electrons. The first kappa shape index (κ1) is 51.3. The average molecular weight is 977 g/mol. The van der Waals surface area contributed by atoms with Gasteiger partial charge in [-0.25, -0.2) is 19.2 Å². The second kappa shape index (κ2) is 24.3. The molecule has 1 fully saturated rings. The quantitative estimate of drug-likeness (QED) is 0.0204. The third-order valence-electron chi connectivity index (χ3n) is 12.0. The van der Waals surface area contributed by atoms with Gasteiger partial charge in [0, 0.05) is 4.91 Å². The van der Waals surface area contributed by atoms with Gasteiger partial charge in [-0.1, -0.05) is 184 Å². The van der Waals surface area contributed by atoms with E-state index in [1.807, 2.05) is 72.8 Å². The lowest BCUT2D eigenvalue weighted by Gasteiger charge is -2.47. The molecule has 0 bridgehead atoms. The van der Waals surface area contributed by atoms with E-state index in [-0.39, 0.29) is 30.9 Å². The summed E-state index contributed by atoms with van der Waals surface area (Å²) in [5, 5.41) is 8.01. The number of alkyl carbamates (subject to hydrolysis) is 1. The predicted molar refractivity (Wildman–Crippen MR) is 267 cm³/mol. The minimum absolute atomic E-state index is 0.108. The zero-order chi connectivity index (χ0) is 50.2. The number of amides is 1. The smallest absolute Gasteiger partial charge is 0.408 e. The minimum atomic E-state index is -3.35. The highest BCUT2D eigenvalue weighted by atomic mass is 28.4. The van der Waals surface area contributed by atoms with Crippen molar-refractivity contribution in [2.75, 3.05) is 6.61 Å². The number of carbonyl (C=O) groups is 4. The van der Waals surface area contributed by atoms with Crippen LogP contribution in [0.2, 0.25) is 5.04 Å². The Labute approximate surface area is 413 Å². The second-order valence-corrected chi connectivity index (χ2v) is 22.1. The molecule has 1 heterocycles. The summed E-state index contributed by atoms with van der Waals surface area (Å²) in [4.78, 5) is 59.0. The molecule has 0 aromatic heterocycles. The number of nitrogens with zero attached hydrogens (tertiary/aromatic N) is 3. The predicted octanol–water partition coefficient (Wildman–Crippen LogP) is 8.86. The maximum Gasteiger partial charge on any atom is 0.408 e. The molecule has 0 unspecified atom stereocenters. The van der Waals surface area contributed by atoms with E-state index in [1.54, 1.807) is 109 Å². The molecule has 1 aliphatic heterocycles. The Kier molecular flexibility index (Phi) is 17.5. The topological polar surface area (TPSA) is 194 Å². The van der Waals surface area contributed by atoms with E-state index in [4.69, 9.17) is 32.8 Å². The first-order valence-corrected chi connectivity index (χ1v) is 25.1. The van der Waals surface area contributed by atoms with Crippen molar-refractivity contribution in [2.24, 2.45) is 5.11 Å². The van der Waals surface area contributed by atoms with Gasteiger partial charge in [0.25, 0.3) is 8.32 Å². The summed E-state index contributed by atoms with van der Waals surface area (Å²) < 4.78 is 44.5. The molecule has 1 aliphatic rings. The van der Waals surface area contributed by atoms with E-state index < -0.39 is 80.1 Å². The molecule has 0 saturated carbocycles. The van der Waals surface area contributed by atoms with Gasteiger partial charge in [0.1, 0.15) is 25.4 Å². The van der Waals surface area contributed by atoms with Crippen LogP contribution in [0, 0.1) is 0 Å². The molecule has 1 saturated heterocycles. The maximum atomic E-state index is 14.2. The molecule has 71 heavy (non-hydrogen) atoms. The summed E-state index contributed by atoms with van der Waals surface area (Å²) in [5.74, 6) is -2.51. The van der Waals surface area contributed by atoms with Crippen molar-refractivity contribution < 1.29 is 52.0 Å². The summed E-state index contributed by atoms with van der Waals surface area (Å²) in [6.07, 6.45) is -8.28. The molecule has 1 amide bonds. The van der Waals surface area contributed by atoms with Crippen molar-refractivity contribution in [2.45, 2.75) is 88.7 Å². The van der Waals surface area contributed by atoms with Crippen LogP contribution >= 0.6 is 0 Å². The van der Waals surface area contributed by atoms with Crippen LogP contribution < -0.4 is 15.7 Å². The maximum absolute atomic E-state index is 14.2. The number of rotatable bonds is 19. The summed E-state index contributed by atoms with van der Waals surface area (Å²) >= 11 is 0. The van der Waals surface area contributed by atoms with Crippen molar-refractivity contribution in [3.05, 3.63) is 215 Å². The SMILES string of the molecule is C[C@@H](O[C@H]1O[C@H](CO[Si](c2ccccc2)(c2ccccc2)C(C)(C)C)[C@H](OC(=O)c2ccccc2)[C@H](OC(=O)c2ccccc2)[C@H]1N=[N+]=[N-])[C@H](NC(=O)OCc1ccccc1)C(=O)OCc1ccccc1. The Morgan fingerprint density at radius 2 is 1.08 bits per heavy atom. The van der Waals surface area contributed by atoms with Gasteiger partial charge >= 0.3 is 24.0 Å². The van der Waals surface area contributed by atoms with E-state index in [9.17, 15) is 24.7 Å². The zero-order valence-electron chi connectivity index (χ0n) is 39.8. The molecule has 7 atom stereocenters. The molecular formula is C55H56N4O11Si. The monoisotopic (exact) mass is 976 g/mol. The van der Waals surface area contributed by atoms with Gasteiger partial charge in [0.15, 0.2) is 24.5 Å². The number of hydrogen-bond acceptors (Lipinski definition) is 12. The van der Waals surface area contributed by atoms with Crippen molar-refractivity contribution in [3.8, 4) is 0 Å². The van der Waals surface area contributed by atoms with Gasteiger partial charge in [-0.2, -0.15) is 0 Å². The van der Waals surface area contributed by atoms with Crippen molar-refractivity contribution >= 4 is 42.7 Å². The Morgan fingerprint density at radius 3 is 1.55 bits per heavy atom. The molecule has 366 valence electrons. The number of ether oxygens (including phenoxy) is 6. The Morgan fingerprint density at radius 1 is 0.648 bits per heavy atom. The Balaban J connectivity index is 1.29. The zero-order valence-corrected chi connectivity index (χ0v) is 40.8. The van der Waals surface area contributed by atoms with Crippen molar-refractivity contribution in [1.29, 1.82) is 0 Å². The fraction of sp³-hybridized carbons (Fsp3) is 0.273. The van der Waals surface area contributed by atoms with Crippen LogP contribution in [-0.4, -0.2) is 81.7 Å². The van der Waals surface area contributed by atoms with E-state index in [1.165, 1.54) is 6.92 Å². The van der Waals surface area contributed by atoms with Gasteiger partial charge in [0.05, 0.1) is 23.8 Å². The van der Waals surface area contributed by atoms with Crippen LogP contribution in [0.4, 0.5) is 4.79 Å². The average Bonchev–Trinajstić information content (AvgIpc) is 3.39. The first-order valence-electron chi connectivity index (χ1n) is 23.2. The van der Waals surface area contributed by atoms with E-state index >= 15 is 0 Å². The molecular weight excluding hydrogens is 921 g/mol. The summed E-state index contributed by atoms with van der Waals surface area (Å²) in [7, 11) is -3.35. The highest BCUT2D eigenvalue weighted by molar-refractivity contribution is 6.99. The van der Waals surface area contributed by atoms with Crippen LogP contribution in [0.5, 0.6) is 0 Å². The van der Waals surface area contributed by atoms with Gasteiger partial charge in [-0.15, -0.1) is 0 Å². The standard InChI is InChI=1S/C55H56N4O11Si/c1-38(46(52(62)64-35-39-23-11-5-12-24-39)57-54(63)65-36-40-25-13-6-14-26-40)67-53-47(58-59-56)49(70-51(61)42-29-17-8-18-30-42)48(69-50(60)41-27-15-7-16-28-41)45(68-53)37-66-71(55(2,3)4,43-31-19-9-20-32-43)44-33-21-10-22-34-44/h5-34,38,45-49,53H,35-37H2,1-4H3,(H,57,63)/t38-,45-,46+,47-,48+,49-,53+/m1/s1. The van der Waals surface area contributed by atoms with Crippen molar-refractivity contribution in [3.63, 3.8) is 0 Å². The summed E-state index contributed by atoms with van der Waals surface area (Å²) in [6, 6.07) is 50.9. The molecule has 6 aromatic carbocycles. The number of nitrogens with one attached hydrogen (secondary N) is 1. The minimum Gasteiger partial charge on any atom is -0.459 e. The number of benzene rings is 6. The third-order valence-corrected chi connectivity index (χ3v) is 17.0. The number of hydrogen-bond donors (Lipinski definition) is 1. The molecule has 15 nitrogen and oxygen atoms in total. The molecule has 0 aliphatic carbocycles. The van der Waals surface area contributed by atoms with Gasteiger partial charge in [0.2, 0.25) is 0 Å². The van der Waals surface area contributed by atoms with Crippen LogP contribution in [0.1, 0.15) is 59.5 Å². The van der Waals surface area contributed by atoms with Gasteiger partial charge in [-0.05, 0) is 63.3 Å². The van der Waals surface area contributed by atoms with Crippen LogP contribution in [0.15, 0.2) is 187 Å². The summed E-state index contributed by atoms with van der Waals surface area (Å²) in [6.45, 7) is 7.25. The number of esters is 3. The van der Waals surface area contributed by atoms with Crippen molar-refractivity contribution in [1.82, 2.24) is 5.32 Å². The van der Waals surface area contributed by atoms with E-state index in [0.29, 0.717) is 11.1 Å². The molecule has 1 N–H and O–H groups in total. The fourth-order valence-corrected chi connectivity index (χ4v) is 13.0. The van der Waals surface area contributed by atoms with E-state index in [0.717, 1.165) is 10.4 Å². The Bertz CT molecular complexity index is 2670. The number of carbonyl (C=O) groups excluding carboxylic acids is 4. The molecule has 0 spiro atoms. The highest BCUT2D eigenvalue weighted by Crippen LogP contribution is 2.39. The fourth-order valence-electron chi connectivity index (χ4n) is 8.47. The highest BCUT2D eigenvalue weighted by Gasteiger charge is 2.55. The number of azide groups is 1. The molecule has 6 aromatic rings.